The summed E-state index contributed by atoms with van der Waals surface area (Å²) in [5, 5.41) is 16.1. The summed E-state index contributed by atoms with van der Waals surface area (Å²) in [5.41, 5.74) is 8.60. The number of hydrogen-bond donors (Lipinski definition) is 2. The Morgan fingerprint density at radius 1 is 1.58 bits per heavy atom. The van der Waals surface area contributed by atoms with Crippen molar-refractivity contribution in [2.24, 2.45) is 5.11 Å². The molecule has 1 aromatic rings. The molecule has 0 radical (unpaired) electrons. The van der Waals surface area contributed by atoms with Crippen LogP contribution < -0.4 is 5.32 Å². The number of phenols is 1. The van der Waals surface area contributed by atoms with Gasteiger partial charge in [0, 0.05) is 17.0 Å². The van der Waals surface area contributed by atoms with Gasteiger partial charge in [0.1, 0.15) is 11.8 Å². The molecule has 0 saturated heterocycles. The summed E-state index contributed by atoms with van der Waals surface area (Å²) in [5.74, 6) is -0.453. The summed E-state index contributed by atoms with van der Waals surface area (Å²) in [6, 6.07) is 5.82. The molecule has 0 saturated carbocycles. The van der Waals surface area contributed by atoms with E-state index in [1.807, 2.05) is 0 Å². The molecule has 0 bridgehead atoms. The van der Waals surface area contributed by atoms with Gasteiger partial charge in [0.15, 0.2) is 0 Å². The van der Waals surface area contributed by atoms with Crippen LogP contribution >= 0.6 is 0 Å². The number of esters is 1. The molecule has 1 rings (SSSR count). The van der Waals surface area contributed by atoms with E-state index in [-0.39, 0.29) is 5.75 Å². The number of azide groups is 1. The SMILES string of the molecule is COC(=O)C(NCCCN=[N+]=[N-])c1ccccc1O. The Labute approximate surface area is 110 Å². The van der Waals surface area contributed by atoms with Crippen molar-refractivity contribution in [1.29, 1.82) is 0 Å². The van der Waals surface area contributed by atoms with E-state index in [9.17, 15) is 9.90 Å². The van der Waals surface area contributed by atoms with Crippen molar-refractivity contribution < 1.29 is 14.6 Å². The summed E-state index contributed by atoms with van der Waals surface area (Å²) >= 11 is 0. The Morgan fingerprint density at radius 2 is 2.32 bits per heavy atom. The first-order chi connectivity index (χ1) is 9.20. The summed E-state index contributed by atoms with van der Waals surface area (Å²) in [6.07, 6.45) is 0.588. The fourth-order valence-corrected chi connectivity index (χ4v) is 1.61. The average Bonchev–Trinajstić information content (AvgIpc) is 2.43. The fraction of sp³-hybridized carbons (Fsp3) is 0.417. The van der Waals surface area contributed by atoms with E-state index in [1.165, 1.54) is 13.2 Å². The molecule has 7 heteroatoms. The van der Waals surface area contributed by atoms with Crippen molar-refractivity contribution in [1.82, 2.24) is 5.32 Å². The van der Waals surface area contributed by atoms with E-state index in [1.54, 1.807) is 18.2 Å². The van der Waals surface area contributed by atoms with Crippen molar-refractivity contribution >= 4 is 5.97 Å². The predicted octanol–water partition coefficient (Wildman–Crippen LogP) is 1.90. The molecule has 0 aliphatic heterocycles. The van der Waals surface area contributed by atoms with Gasteiger partial charge in [-0.2, -0.15) is 0 Å². The summed E-state index contributed by atoms with van der Waals surface area (Å²) in [6.45, 7) is 0.811. The molecular weight excluding hydrogens is 248 g/mol. The molecular formula is C12H16N4O3. The highest BCUT2D eigenvalue weighted by Crippen LogP contribution is 2.24. The second-order valence-corrected chi connectivity index (χ2v) is 3.78. The highest BCUT2D eigenvalue weighted by molar-refractivity contribution is 5.78. The lowest BCUT2D eigenvalue weighted by molar-refractivity contribution is -0.143. The van der Waals surface area contributed by atoms with Gasteiger partial charge < -0.3 is 15.2 Å². The van der Waals surface area contributed by atoms with Gasteiger partial charge in [0.2, 0.25) is 0 Å². The predicted molar refractivity (Wildman–Crippen MR) is 69.5 cm³/mol. The largest absolute Gasteiger partial charge is 0.508 e. The van der Waals surface area contributed by atoms with E-state index < -0.39 is 12.0 Å². The van der Waals surface area contributed by atoms with Crippen LogP contribution in [0.2, 0.25) is 0 Å². The second-order valence-electron chi connectivity index (χ2n) is 3.78. The monoisotopic (exact) mass is 264 g/mol. The smallest absolute Gasteiger partial charge is 0.327 e. The maximum Gasteiger partial charge on any atom is 0.327 e. The van der Waals surface area contributed by atoms with Crippen LogP contribution in [0.15, 0.2) is 29.4 Å². The van der Waals surface area contributed by atoms with E-state index in [2.05, 4.69) is 15.3 Å². The highest BCUT2D eigenvalue weighted by atomic mass is 16.5. The lowest BCUT2D eigenvalue weighted by atomic mass is 10.1. The van der Waals surface area contributed by atoms with Crippen molar-refractivity contribution in [3.8, 4) is 5.75 Å². The Hall–Kier alpha value is -2.24. The molecule has 0 aliphatic rings. The zero-order valence-electron chi connectivity index (χ0n) is 10.6. The first-order valence-corrected chi connectivity index (χ1v) is 5.80. The average molecular weight is 264 g/mol. The third kappa shape index (κ3) is 4.50. The summed E-state index contributed by atoms with van der Waals surface area (Å²) in [4.78, 5) is 14.3. The van der Waals surface area contributed by atoms with Gasteiger partial charge in [-0.15, -0.1) is 0 Å². The van der Waals surface area contributed by atoms with Crippen LogP contribution in [0.5, 0.6) is 5.75 Å². The lowest BCUT2D eigenvalue weighted by Crippen LogP contribution is -2.30. The molecule has 0 aromatic heterocycles. The molecule has 2 N–H and O–H groups in total. The van der Waals surface area contributed by atoms with Crippen LogP contribution in [-0.4, -0.2) is 31.3 Å². The number of para-hydroxylation sites is 1. The van der Waals surface area contributed by atoms with Crippen molar-refractivity contribution in [2.45, 2.75) is 12.5 Å². The number of nitrogens with zero attached hydrogens (tertiary/aromatic N) is 3. The number of methoxy groups -OCH3 is 1. The summed E-state index contributed by atoms with van der Waals surface area (Å²) in [7, 11) is 1.29. The van der Waals surface area contributed by atoms with Gasteiger partial charge in [-0.25, -0.2) is 4.79 Å². The van der Waals surface area contributed by atoms with E-state index in [0.29, 0.717) is 25.1 Å². The van der Waals surface area contributed by atoms with Crippen molar-refractivity contribution in [2.75, 3.05) is 20.2 Å². The molecule has 19 heavy (non-hydrogen) atoms. The van der Waals surface area contributed by atoms with Gasteiger partial charge in [-0.1, -0.05) is 23.3 Å². The maximum absolute atomic E-state index is 11.7. The first kappa shape index (κ1) is 14.8. The quantitative estimate of drug-likeness (QED) is 0.258. The minimum atomic E-state index is -0.739. The normalized spacial score (nSPS) is 11.4. The molecule has 1 unspecified atom stereocenters. The van der Waals surface area contributed by atoms with Crippen LogP contribution in [-0.2, 0) is 9.53 Å². The number of nitrogens with one attached hydrogen (secondary N) is 1. The van der Waals surface area contributed by atoms with Gasteiger partial charge in [0.05, 0.1) is 7.11 Å². The van der Waals surface area contributed by atoms with E-state index >= 15 is 0 Å². The number of rotatable bonds is 7. The van der Waals surface area contributed by atoms with Crippen LogP contribution in [0.1, 0.15) is 18.0 Å². The molecule has 1 atom stereocenters. The second kappa shape index (κ2) is 7.97. The minimum Gasteiger partial charge on any atom is -0.508 e. The number of phenolic OH excluding ortho intramolecular Hbond substituents is 1. The van der Waals surface area contributed by atoms with Gasteiger partial charge in [0.25, 0.3) is 0 Å². The standard InChI is InChI=1S/C12H16N4O3/c1-19-12(18)11(14-7-4-8-15-16-13)9-5-2-3-6-10(9)17/h2-3,5-6,11,14,17H,4,7-8H2,1H3. The molecule has 0 aliphatic carbocycles. The molecule has 0 amide bonds. The van der Waals surface area contributed by atoms with Gasteiger partial charge in [-0.05, 0) is 24.6 Å². The number of carbonyl (C=O) groups excluding carboxylic acids is 1. The third-order valence-corrected chi connectivity index (χ3v) is 2.53. The van der Waals surface area contributed by atoms with Crippen LogP contribution in [0.25, 0.3) is 10.4 Å². The zero-order valence-corrected chi connectivity index (χ0v) is 10.6. The fourth-order valence-electron chi connectivity index (χ4n) is 1.61. The molecule has 0 heterocycles. The van der Waals surface area contributed by atoms with E-state index in [4.69, 9.17) is 10.3 Å². The number of aromatic hydroxyl groups is 1. The zero-order chi connectivity index (χ0) is 14.1. The first-order valence-electron chi connectivity index (χ1n) is 5.80. The molecule has 1 aromatic carbocycles. The lowest BCUT2D eigenvalue weighted by Gasteiger charge is -2.17. The number of carbonyl (C=O) groups is 1. The van der Waals surface area contributed by atoms with Crippen molar-refractivity contribution in [3.63, 3.8) is 0 Å². The highest BCUT2D eigenvalue weighted by Gasteiger charge is 2.22. The molecule has 7 nitrogen and oxygen atoms in total. The van der Waals surface area contributed by atoms with Crippen molar-refractivity contribution in [3.05, 3.63) is 40.3 Å². The Balaban J connectivity index is 2.70. The molecule has 0 spiro atoms. The number of ether oxygens (including phenoxy) is 1. The Kier molecular flexibility index (Phi) is 6.21. The Morgan fingerprint density at radius 3 is 2.95 bits per heavy atom. The van der Waals surface area contributed by atoms with Crippen LogP contribution in [0.3, 0.4) is 0 Å². The van der Waals surface area contributed by atoms with Gasteiger partial charge >= 0.3 is 5.97 Å². The summed E-state index contributed by atoms with van der Waals surface area (Å²) < 4.78 is 4.71. The minimum absolute atomic E-state index is 0.0282. The molecule has 102 valence electrons. The maximum atomic E-state index is 11.7. The van der Waals surface area contributed by atoms with Gasteiger partial charge in [-0.3, -0.25) is 0 Å². The van der Waals surface area contributed by atoms with E-state index in [0.717, 1.165) is 0 Å². The molecule has 0 fully saturated rings. The Bertz CT molecular complexity index is 472. The van der Waals surface area contributed by atoms with Crippen LogP contribution in [0, 0.1) is 0 Å². The number of benzene rings is 1. The van der Waals surface area contributed by atoms with Crippen LogP contribution in [0.4, 0.5) is 0 Å². The topological polar surface area (TPSA) is 107 Å². The number of hydrogen-bond acceptors (Lipinski definition) is 5. The third-order valence-electron chi connectivity index (χ3n) is 2.53.